The van der Waals surface area contributed by atoms with E-state index in [-0.39, 0.29) is 39.1 Å². The van der Waals surface area contributed by atoms with Gasteiger partial charge in [0, 0.05) is 17.6 Å². The van der Waals surface area contributed by atoms with Crippen LogP contribution < -0.4 is 9.62 Å². The van der Waals surface area contributed by atoms with E-state index in [1.165, 1.54) is 35.2 Å². The van der Waals surface area contributed by atoms with Crippen LogP contribution in [0.3, 0.4) is 0 Å². The van der Waals surface area contributed by atoms with Crippen molar-refractivity contribution in [2.75, 3.05) is 17.4 Å². The molecular formula is C28H31Cl2N3O4S. The van der Waals surface area contributed by atoms with Crippen molar-refractivity contribution in [1.82, 2.24) is 10.2 Å². The number of carbonyl (C=O) groups excluding carboxylic acids is 2. The van der Waals surface area contributed by atoms with Crippen LogP contribution in [0.5, 0.6) is 0 Å². The highest BCUT2D eigenvalue weighted by atomic mass is 35.5. The van der Waals surface area contributed by atoms with Gasteiger partial charge in [0.05, 0.1) is 15.6 Å². The molecule has 1 N–H and O–H groups in total. The summed E-state index contributed by atoms with van der Waals surface area (Å²) in [6.45, 7) is 4.92. The summed E-state index contributed by atoms with van der Waals surface area (Å²) in [4.78, 5) is 28.1. The zero-order valence-electron chi connectivity index (χ0n) is 21.5. The Balaban J connectivity index is 2.01. The predicted octanol–water partition coefficient (Wildman–Crippen LogP) is 5.17. The maximum absolute atomic E-state index is 13.8. The third kappa shape index (κ3) is 7.49. The SMILES string of the molecule is CC(C)NC(=O)[C@@H](C)N(CCc1ccccc1)C(=O)CN(c1cc(Cl)ccc1Cl)S(=O)(=O)c1ccccc1. The van der Waals surface area contributed by atoms with Gasteiger partial charge in [-0.25, -0.2) is 8.42 Å². The zero-order chi connectivity index (χ0) is 27.9. The molecule has 0 fully saturated rings. The number of sulfonamides is 1. The average molecular weight is 577 g/mol. The van der Waals surface area contributed by atoms with Crippen LogP contribution in [0, 0.1) is 0 Å². The molecule has 0 bridgehead atoms. The molecule has 202 valence electrons. The molecule has 0 radical (unpaired) electrons. The van der Waals surface area contributed by atoms with Crippen molar-refractivity contribution in [2.45, 2.75) is 44.2 Å². The number of amides is 2. The minimum absolute atomic E-state index is 0.00900. The van der Waals surface area contributed by atoms with Gasteiger partial charge >= 0.3 is 0 Å². The van der Waals surface area contributed by atoms with Crippen molar-refractivity contribution in [3.05, 3.63) is 94.5 Å². The maximum Gasteiger partial charge on any atom is 0.264 e. The number of rotatable bonds is 11. The quantitative estimate of drug-likeness (QED) is 0.341. The lowest BCUT2D eigenvalue weighted by molar-refractivity contribution is -0.139. The van der Waals surface area contributed by atoms with E-state index in [0.29, 0.717) is 6.42 Å². The molecule has 1 atom stereocenters. The fourth-order valence-electron chi connectivity index (χ4n) is 3.89. The monoisotopic (exact) mass is 575 g/mol. The van der Waals surface area contributed by atoms with Crippen LogP contribution >= 0.6 is 23.2 Å². The fourth-order valence-corrected chi connectivity index (χ4v) is 5.77. The van der Waals surface area contributed by atoms with E-state index in [9.17, 15) is 18.0 Å². The Morgan fingerprint density at radius 1 is 0.895 bits per heavy atom. The molecule has 0 aliphatic carbocycles. The van der Waals surface area contributed by atoms with Crippen LogP contribution in [0.2, 0.25) is 10.0 Å². The Morgan fingerprint density at radius 2 is 1.50 bits per heavy atom. The van der Waals surface area contributed by atoms with Crippen molar-refractivity contribution >= 4 is 50.7 Å². The van der Waals surface area contributed by atoms with Gasteiger partial charge < -0.3 is 10.2 Å². The van der Waals surface area contributed by atoms with Crippen molar-refractivity contribution in [1.29, 1.82) is 0 Å². The second-order valence-electron chi connectivity index (χ2n) is 9.08. The van der Waals surface area contributed by atoms with E-state index in [1.807, 2.05) is 44.2 Å². The van der Waals surface area contributed by atoms with E-state index < -0.39 is 28.5 Å². The summed E-state index contributed by atoms with van der Waals surface area (Å²) in [5.74, 6) is -0.887. The van der Waals surface area contributed by atoms with Gasteiger partial charge in [-0.1, -0.05) is 71.7 Å². The molecule has 0 unspecified atom stereocenters. The maximum atomic E-state index is 13.8. The first-order valence-corrected chi connectivity index (χ1v) is 14.4. The number of nitrogens with one attached hydrogen (secondary N) is 1. The Hall–Kier alpha value is -3.07. The van der Waals surface area contributed by atoms with Crippen LogP contribution in [0.25, 0.3) is 0 Å². The first-order chi connectivity index (χ1) is 18.0. The van der Waals surface area contributed by atoms with Gasteiger partial charge in [-0.15, -0.1) is 0 Å². The summed E-state index contributed by atoms with van der Waals surface area (Å²) in [7, 11) is -4.21. The summed E-state index contributed by atoms with van der Waals surface area (Å²) in [5.41, 5.74) is 1.05. The van der Waals surface area contributed by atoms with E-state index >= 15 is 0 Å². The lowest BCUT2D eigenvalue weighted by Crippen LogP contribution is -2.53. The highest BCUT2D eigenvalue weighted by Crippen LogP contribution is 2.33. The van der Waals surface area contributed by atoms with E-state index in [4.69, 9.17) is 23.2 Å². The number of halogens is 2. The highest BCUT2D eigenvalue weighted by molar-refractivity contribution is 7.92. The molecule has 10 heteroatoms. The molecule has 3 rings (SSSR count). The van der Waals surface area contributed by atoms with Gasteiger partial charge in [-0.3, -0.25) is 13.9 Å². The van der Waals surface area contributed by atoms with Gasteiger partial charge in [0.15, 0.2) is 0 Å². The van der Waals surface area contributed by atoms with Gasteiger partial charge in [0.25, 0.3) is 10.0 Å². The average Bonchev–Trinajstić information content (AvgIpc) is 2.89. The molecular weight excluding hydrogens is 545 g/mol. The normalized spacial score (nSPS) is 12.2. The molecule has 0 aromatic heterocycles. The molecule has 0 aliphatic rings. The molecule has 0 heterocycles. The van der Waals surface area contributed by atoms with Crippen molar-refractivity contribution in [3.8, 4) is 0 Å². The van der Waals surface area contributed by atoms with E-state index in [2.05, 4.69) is 5.32 Å². The van der Waals surface area contributed by atoms with E-state index in [1.54, 1.807) is 25.1 Å². The number of anilines is 1. The smallest absolute Gasteiger partial charge is 0.264 e. The lowest BCUT2D eigenvalue weighted by atomic mass is 10.1. The molecule has 7 nitrogen and oxygen atoms in total. The third-order valence-electron chi connectivity index (χ3n) is 5.87. The van der Waals surface area contributed by atoms with Crippen LogP contribution in [-0.4, -0.2) is 50.3 Å². The van der Waals surface area contributed by atoms with Crippen LogP contribution in [0.15, 0.2) is 83.8 Å². The number of carbonyl (C=O) groups is 2. The molecule has 0 saturated carbocycles. The van der Waals surface area contributed by atoms with Crippen LogP contribution in [0.1, 0.15) is 26.3 Å². The topological polar surface area (TPSA) is 86.8 Å². The van der Waals surface area contributed by atoms with Crippen molar-refractivity contribution in [2.24, 2.45) is 0 Å². The van der Waals surface area contributed by atoms with Crippen molar-refractivity contribution in [3.63, 3.8) is 0 Å². The van der Waals surface area contributed by atoms with Gasteiger partial charge in [0.1, 0.15) is 12.6 Å². The summed E-state index contributed by atoms with van der Waals surface area (Å²) in [5, 5.41) is 3.20. The minimum atomic E-state index is -4.21. The van der Waals surface area contributed by atoms with Crippen LogP contribution in [0.4, 0.5) is 5.69 Å². The zero-order valence-corrected chi connectivity index (χ0v) is 23.8. The molecule has 3 aromatic rings. The second kappa shape index (κ2) is 13.1. The Bertz CT molecular complexity index is 1350. The number of hydrogen-bond donors (Lipinski definition) is 1. The standard InChI is InChI=1S/C28H31Cl2N3O4S/c1-20(2)31-28(35)21(3)32(17-16-22-10-6-4-7-11-22)27(34)19-33(26-18-23(29)14-15-25(26)30)38(36,37)24-12-8-5-9-13-24/h4-15,18,20-21H,16-17,19H2,1-3H3,(H,31,35)/t21-/m1/s1. The van der Waals surface area contributed by atoms with Crippen LogP contribution in [-0.2, 0) is 26.0 Å². The summed E-state index contributed by atoms with van der Waals surface area (Å²) in [6, 6.07) is 20.8. The summed E-state index contributed by atoms with van der Waals surface area (Å²) < 4.78 is 28.5. The minimum Gasteiger partial charge on any atom is -0.352 e. The van der Waals surface area contributed by atoms with E-state index in [0.717, 1.165) is 9.87 Å². The Kier molecular flexibility index (Phi) is 10.2. The molecule has 3 aromatic carbocycles. The number of benzene rings is 3. The molecule has 0 saturated heterocycles. The fraction of sp³-hybridized carbons (Fsp3) is 0.286. The summed E-state index contributed by atoms with van der Waals surface area (Å²) in [6.07, 6.45) is 0.481. The number of nitrogens with zero attached hydrogens (tertiary/aromatic N) is 2. The lowest BCUT2D eigenvalue weighted by Gasteiger charge is -2.32. The van der Waals surface area contributed by atoms with Gasteiger partial charge in [-0.2, -0.15) is 0 Å². The number of hydrogen-bond acceptors (Lipinski definition) is 4. The predicted molar refractivity (Wildman–Crippen MR) is 152 cm³/mol. The Labute approximate surface area is 234 Å². The van der Waals surface area contributed by atoms with Gasteiger partial charge in [-0.05, 0) is 63.1 Å². The summed E-state index contributed by atoms with van der Waals surface area (Å²) >= 11 is 12.6. The third-order valence-corrected chi connectivity index (χ3v) is 8.20. The molecule has 0 aliphatic heterocycles. The second-order valence-corrected chi connectivity index (χ2v) is 11.8. The van der Waals surface area contributed by atoms with Crippen molar-refractivity contribution < 1.29 is 18.0 Å². The first-order valence-electron chi connectivity index (χ1n) is 12.2. The molecule has 0 spiro atoms. The largest absolute Gasteiger partial charge is 0.352 e. The van der Waals surface area contributed by atoms with Gasteiger partial charge in [0.2, 0.25) is 11.8 Å². The molecule has 2 amide bonds. The first kappa shape index (κ1) is 29.5. The Morgan fingerprint density at radius 3 is 2.11 bits per heavy atom. The molecule has 38 heavy (non-hydrogen) atoms. The highest BCUT2D eigenvalue weighted by Gasteiger charge is 2.33.